The topological polar surface area (TPSA) is 67.9 Å². The lowest BCUT2D eigenvalue weighted by Gasteiger charge is -2.29. The van der Waals surface area contributed by atoms with Crippen LogP contribution >= 0.6 is 11.6 Å². The molecule has 0 saturated carbocycles. The highest BCUT2D eigenvalue weighted by molar-refractivity contribution is 6.30. The van der Waals surface area contributed by atoms with E-state index in [1.807, 2.05) is 38.1 Å². The third-order valence-corrected chi connectivity index (χ3v) is 4.95. The summed E-state index contributed by atoms with van der Waals surface area (Å²) in [7, 11) is 1.60. The van der Waals surface area contributed by atoms with Gasteiger partial charge >= 0.3 is 0 Å². The predicted molar refractivity (Wildman–Crippen MR) is 122 cm³/mol. The van der Waals surface area contributed by atoms with E-state index in [4.69, 9.17) is 21.1 Å². The Kier molecular flexibility index (Phi) is 9.66. The van der Waals surface area contributed by atoms with Crippen LogP contribution in [0.25, 0.3) is 0 Å². The molecule has 0 spiro atoms. The Bertz CT molecular complexity index is 855. The molecule has 0 aromatic heterocycles. The number of methoxy groups -OCH3 is 1. The number of rotatable bonds is 11. The second-order valence-corrected chi connectivity index (χ2v) is 8.05. The van der Waals surface area contributed by atoms with Crippen molar-refractivity contribution in [2.45, 2.75) is 52.2 Å². The fourth-order valence-electron chi connectivity index (χ4n) is 3.04. The molecule has 2 rings (SSSR count). The first kappa shape index (κ1) is 24.5. The van der Waals surface area contributed by atoms with Crippen LogP contribution in [-0.4, -0.2) is 42.5 Å². The Balaban J connectivity index is 2.02. The Labute approximate surface area is 189 Å². The van der Waals surface area contributed by atoms with E-state index in [0.717, 1.165) is 5.56 Å². The number of ether oxygens (including phenoxy) is 2. The summed E-state index contributed by atoms with van der Waals surface area (Å²) in [4.78, 5) is 27.2. The van der Waals surface area contributed by atoms with Gasteiger partial charge in [-0.05, 0) is 69.2 Å². The maximum absolute atomic E-state index is 13.0. The number of hydrogen-bond acceptors (Lipinski definition) is 4. The van der Waals surface area contributed by atoms with Gasteiger partial charge in [-0.15, -0.1) is 0 Å². The highest BCUT2D eigenvalue weighted by atomic mass is 35.5. The van der Waals surface area contributed by atoms with Gasteiger partial charge in [0.2, 0.25) is 11.8 Å². The summed E-state index contributed by atoms with van der Waals surface area (Å²) in [5.74, 6) is 1.13. The molecule has 0 saturated heterocycles. The van der Waals surface area contributed by atoms with Gasteiger partial charge < -0.3 is 19.7 Å². The highest BCUT2D eigenvalue weighted by Gasteiger charge is 2.26. The Morgan fingerprint density at radius 1 is 1.06 bits per heavy atom. The molecule has 7 heteroatoms. The van der Waals surface area contributed by atoms with Crippen molar-refractivity contribution in [1.82, 2.24) is 10.2 Å². The van der Waals surface area contributed by atoms with Crippen LogP contribution in [0.2, 0.25) is 5.02 Å². The van der Waals surface area contributed by atoms with E-state index >= 15 is 0 Å². The minimum atomic E-state index is -0.599. The number of amides is 2. The summed E-state index contributed by atoms with van der Waals surface area (Å²) < 4.78 is 11.0. The fourth-order valence-corrected chi connectivity index (χ4v) is 3.17. The molecule has 0 aliphatic heterocycles. The van der Waals surface area contributed by atoms with E-state index in [1.54, 1.807) is 43.2 Å². The molecule has 31 heavy (non-hydrogen) atoms. The molecule has 0 fully saturated rings. The molecule has 2 aromatic carbocycles. The van der Waals surface area contributed by atoms with E-state index in [-0.39, 0.29) is 24.3 Å². The summed E-state index contributed by atoms with van der Waals surface area (Å²) in [6, 6.07) is 14.0. The van der Waals surface area contributed by atoms with Crippen molar-refractivity contribution in [3.63, 3.8) is 0 Å². The number of carbonyl (C=O) groups is 2. The average Bonchev–Trinajstić information content (AvgIpc) is 2.75. The molecule has 0 heterocycles. The van der Waals surface area contributed by atoms with E-state index in [9.17, 15) is 9.59 Å². The summed E-state index contributed by atoms with van der Waals surface area (Å²) in [6.07, 6.45) is 0.811. The first-order valence-corrected chi connectivity index (χ1v) is 10.8. The maximum Gasteiger partial charge on any atom is 0.242 e. The average molecular weight is 447 g/mol. The van der Waals surface area contributed by atoms with Crippen LogP contribution in [0, 0.1) is 0 Å². The molecule has 0 radical (unpaired) electrons. The first-order valence-electron chi connectivity index (χ1n) is 10.4. The highest BCUT2D eigenvalue weighted by Crippen LogP contribution is 2.18. The number of halogens is 1. The van der Waals surface area contributed by atoms with Crippen molar-refractivity contribution in [3.8, 4) is 11.5 Å². The van der Waals surface area contributed by atoms with Crippen molar-refractivity contribution in [3.05, 3.63) is 59.1 Å². The number of nitrogens with zero attached hydrogens (tertiary/aromatic N) is 1. The summed E-state index contributed by atoms with van der Waals surface area (Å²) in [6.45, 7) is 6.26. The lowest BCUT2D eigenvalue weighted by molar-refractivity contribution is -0.141. The van der Waals surface area contributed by atoms with Gasteiger partial charge in [-0.2, -0.15) is 0 Å². The van der Waals surface area contributed by atoms with Gasteiger partial charge in [0.15, 0.2) is 0 Å². The molecule has 1 unspecified atom stereocenters. The van der Waals surface area contributed by atoms with Crippen molar-refractivity contribution in [2.24, 2.45) is 0 Å². The monoisotopic (exact) mass is 446 g/mol. The van der Waals surface area contributed by atoms with Crippen LogP contribution in [0.1, 0.15) is 39.2 Å². The molecule has 168 valence electrons. The fraction of sp³-hybridized carbons (Fsp3) is 0.417. The molecular formula is C24H31ClN2O4. The molecule has 2 amide bonds. The van der Waals surface area contributed by atoms with Crippen LogP contribution in [-0.2, 0) is 16.1 Å². The lowest BCUT2D eigenvalue weighted by Crippen LogP contribution is -2.49. The van der Waals surface area contributed by atoms with Gasteiger partial charge in [-0.1, -0.05) is 23.7 Å². The van der Waals surface area contributed by atoms with Crippen LogP contribution in [0.4, 0.5) is 0 Å². The number of carbonyl (C=O) groups excluding carboxylic acids is 2. The summed E-state index contributed by atoms with van der Waals surface area (Å²) in [5.41, 5.74) is 0.898. The molecule has 6 nitrogen and oxygen atoms in total. The van der Waals surface area contributed by atoms with Crippen molar-refractivity contribution >= 4 is 23.4 Å². The van der Waals surface area contributed by atoms with E-state index in [1.165, 1.54) is 0 Å². The zero-order valence-electron chi connectivity index (χ0n) is 18.6. The van der Waals surface area contributed by atoms with E-state index in [2.05, 4.69) is 5.32 Å². The normalized spacial score (nSPS) is 11.7. The van der Waals surface area contributed by atoms with Crippen molar-refractivity contribution in [1.29, 1.82) is 0 Å². The van der Waals surface area contributed by atoms with Gasteiger partial charge in [0, 0.05) is 24.0 Å². The quantitative estimate of drug-likeness (QED) is 0.518. The van der Waals surface area contributed by atoms with Crippen molar-refractivity contribution in [2.75, 3.05) is 13.7 Å². The smallest absolute Gasteiger partial charge is 0.242 e. The van der Waals surface area contributed by atoms with Crippen LogP contribution < -0.4 is 14.8 Å². The van der Waals surface area contributed by atoms with E-state index < -0.39 is 6.04 Å². The molecule has 0 aliphatic rings. The van der Waals surface area contributed by atoms with Gasteiger partial charge in [0.25, 0.3) is 0 Å². The number of nitrogens with one attached hydrogen (secondary N) is 1. The second-order valence-electron chi connectivity index (χ2n) is 7.62. The van der Waals surface area contributed by atoms with Crippen LogP contribution in [0.15, 0.2) is 48.5 Å². The third kappa shape index (κ3) is 8.13. The summed E-state index contributed by atoms with van der Waals surface area (Å²) >= 11 is 5.88. The Morgan fingerprint density at radius 2 is 1.77 bits per heavy atom. The largest absolute Gasteiger partial charge is 0.497 e. The minimum Gasteiger partial charge on any atom is -0.497 e. The third-order valence-electron chi connectivity index (χ3n) is 4.70. The number of benzene rings is 2. The molecule has 1 atom stereocenters. The zero-order valence-corrected chi connectivity index (χ0v) is 19.3. The number of hydrogen-bond donors (Lipinski definition) is 1. The SMILES string of the molecule is COc1cccc(CN(C(=O)CCCOc2ccc(Cl)cc2)C(C)C(=O)NC(C)C)c1. The molecule has 1 N–H and O–H groups in total. The molecule has 2 aromatic rings. The van der Waals surface area contributed by atoms with Crippen molar-refractivity contribution < 1.29 is 19.1 Å². The zero-order chi connectivity index (χ0) is 22.8. The lowest BCUT2D eigenvalue weighted by atomic mass is 10.1. The van der Waals surface area contributed by atoms with Gasteiger partial charge in [-0.3, -0.25) is 9.59 Å². The predicted octanol–water partition coefficient (Wildman–Crippen LogP) is 4.45. The molecule has 0 aliphatic carbocycles. The standard InChI is InChI=1S/C24H31ClN2O4/c1-17(2)26-24(29)18(3)27(16-19-7-5-8-22(15-19)30-4)23(28)9-6-14-31-21-12-10-20(25)11-13-21/h5,7-8,10-13,15,17-18H,6,9,14,16H2,1-4H3,(H,26,29). The maximum atomic E-state index is 13.0. The van der Waals surface area contributed by atoms with Gasteiger partial charge in [0.1, 0.15) is 17.5 Å². The second kappa shape index (κ2) is 12.2. The molecule has 0 bridgehead atoms. The van der Waals surface area contributed by atoms with Crippen LogP contribution in [0.5, 0.6) is 11.5 Å². The first-order chi connectivity index (χ1) is 14.8. The van der Waals surface area contributed by atoms with Crippen LogP contribution in [0.3, 0.4) is 0 Å². The van der Waals surface area contributed by atoms with Gasteiger partial charge in [-0.25, -0.2) is 0 Å². The minimum absolute atomic E-state index is 0.00324. The van der Waals surface area contributed by atoms with E-state index in [0.29, 0.717) is 36.1 Å². The molecular weight excluding hydrogens is 416 g/mol. The Morgan fingerprint density at radius 3 is 2.42 bits per heavy atom. The Hall–Kier alpha value is -2.73. The van der Waals surface area contributed by atoms with Gasteiger partial charge in [0.05, 0.1) is 13.7 Å². The summed E-state index contributed by atoms with van der Waals surface area (Å²) in [5, 5.41) is 3.53.